The molecule has 5 heteroatoms. The molecule has 2 atom stereocenters. The Kier molecular flexibility index (Phi) is 4.04. The molecule has 0 amide bonds. The molecule has 3 aliphatic heterocycles. The van der Waals surface area contributed by atoms with Gasteiger partial charge in [-0.25, -0.2) is 4.99 Å². The summed E-state index contributed by atoms with van der Waals surface area (Å²) in [5.74, 6) is 0.939. The van der Waals surface area contributed by atoms with Crippen LogP contribution in [-0.4, -0.2) is 52.4 Å². The third-order valence-corrected chi connectivity index (χ3v) is 7.22. The van der Waals surface area contributed by atoms with Crippen molar-refractivity contribution in [2.75, 3.05) is 27.2 Å². The zero-order chi connectivity index (χ0) is 19.6. The molecule has 1 aromatic heterocycles. The van der Waals surface area contributed by atoms with E-state index in [9.17, 15) is 0 Å². The SMILES string of the molecule is CC(=NC(=S)C1=C[C@]2(C)CCCN3CCc4c(n1c1ccccc41)[C@@H]32)N(C)C. The fourth-order valence-electron chi connectivity index (χ4n) is 5.45. The lowest BCUT2D eigenvalue weighted by Crippen LogP contribution is -2.50. The minimum Gasteiger partial charge on any atom is -0.366 e. The van der Waals surface area contributed by atoms with Gasteiger partial charge in [0.15, 0.2) is 4.99 Å². The summed E-state index contributed by atoms with van der Waals surface area (Å²) >= 11 is 5.89. The molecule has 0 N–H and O–H groups in total. The Labute approximate surface area is 172 Å². The summed E-state index contributed by atoms with van der Waals surface area (Å²) in [6.45, 7) is 6.80. The van der Waals surface area contributed by atoms with Crippen LogP contribution in [0.5, 0.6) is 0 Å². The summed E-state index contributed by atoms with van der Waals surface area (Å²) in [5.41, 5.74) is 5.46. The number of hydrogen-bond donors (Lipinski definition) is 0. The highest BCUT2D eigenvalue weighted by Crippen LogP contribution is 2.55. The quantitative estimate of drug-likeness (QED) is 0.406. The number of piperidine rings is 1. The van der Waals surface area contributed by atoms with E-state index in [0.29, 0.717) is 11.0 Å². The van der Waals surface area contributed by atoms with Gasteiger partial charge in [-0.1, -0.05) is 37.3 Å². The Morgan fingerprint density at radius 2 is 2.04 bits per heavy atom. The highest BCUT2D eigenvalue weighted by atomic mass is 32.1. The number of amidine groups is 1. The third-order valence-electron chi connectivity index (χ3n) is 6.92. The normalized spacial score (nSPS) is 26.8. The van der Waals surface area contributed by atoms with Gasteiger partial charge in [0.1, 0.15) is 5.84 Å². The number of aromatic nitrogens is 1. The predicted octanol–water partition coefficient (Wildman–Crippen LogP) is 4.50. The monoisotopic (exact) mass is 392 g/mol. The van der Waals surface area contributed by atoms with Crippen molar-refractivity contribution in [3.63, 3.8) is 0 Å². The molecule has 0 spiro atoms. The second-order valence-electron chi connectivity index (χ2n) is 8.90. The highest BCUT2D eigenvalue weighted by molar-refractivity contribution is 7.81. The van der Waals surface area contributed by atoms with Gasteiger partial charge in [-0.3, -0.25) is 4.90 Å². The van der Waals surface area contributed by atoms with E-state index in [1.54, 1.807) is 0 Å². The van der Waals surface area contributed by atoms with Gasteiger partial charge in [0.2, 0.25) is 0 Å². The molecule has 28 heavy (non-hydrogen) atoms. The lowest BCUT2D eigenvalue weighted by Gasteiger charge is -2.52. The topological polar surface area (TPSA) is 23.8 Å². The Morgan fingerprint density at radius 1 is 1.25 bits per heavy atom. The van der Waals surface area contributed by atoms with Crippen molar-refractivity contribution in [2.24, 2.45) is 10.4 Å². The molecular formula is C23H28N4S. The first-order chi connectivity index (χ1) is 13.4. The van der Waals surface area contributed by atoms with Gasteiger partial charge < -0.3 is 9.47 Å². The number of para-hydroxylation sites is 1. The summed E-state index contributed by atoms with van der Waals surface area (Å²) in [4.78, 5) is 10.2. The van der Waals surface area contributed by atoms with Gasteiger partial charge >= 0.3 is 0 Å². The van der Waals surface area contributed by atoms with Crippen molar-refractivity contribution >= 4 is 39.6 Å². The smallest absolute Gasteiger partial charge is 0.151 e. The predicted molar refractivity (Wildman–Crippen MR) is 121 cm³/mol. The first kappa shape index (κ1) is 18.1. The Morgan fingerprint density at radius 3 is 2.82 bits per heavy atom. The van der Waals surface area contributed by atoms with Gasteiger partial charge in [0.25, 0.3) is 0 Å². The maximum Gasteiger partial charge on any atom is 0.151 e. The number of fused-ring (bicyclic) bond motifs is 3. The Hall–Kier alpha value is -1.98. The maximum absolute atomic E-state index is 5.89. The lowest BCUT2D eigenvalue weighted by atomic mass is 9.69. The summed E-state index contributed by atoms with van der Waals surface area (Å²) in [6, 6.07) is 9.26. The fourth-order valence-corrected chi connectivity index (χ4v) is 5.74. The van der Waals surface area contributed by atoms with E-state index in [4.69, 9.17) is 17.2 Å². The zero-order valence-electron chi connectivity index (χ0n) is 17.2. The second kappa shape index (κ2) is 6.26. The van der Waals surface area contributed by atoms with Gasteiger partial charge in [0.05, 0.1) is 17.3 Å². The minimum absolute atomic E-state index is 0.110. The summed E-state index contributed by atoms with van der Waals surface area (Å²) in [7, 11) is 4.03. The Balaban J connectivity index is 1.79. The van der Waals surface area contributed by atoms with Crippen molar-refractivity contribution in [2.45, 2.75) is 39.2 Å². The van der Waals surface area contributed by atoms with E-state index in [0.717, 1.165) is 24.5 Å². The summed E-state index contributed by atoms with van der Waals surface area (Å²) in [5, 5.41) is 1.38. The number of benzene rings is 1. The third kappa shape index (κ3) is 2.45. The molecule has 1 aromatic carbocycles. The van der Waals surface area contributed by atoms with Gasteiger partial charge in [-0.15, -0.1) is 0 Å². The first-order valence-corrected chi connectivity index (χ1v) is 10.7. The van der Waals surface area contributed by atoms with Gasteiger partial charge in [-0.05, 0) is 50.4 Å². The van der Waals surface area contributed by atoms with E-state index >= 15 is 0 Å². The molecule has 0 aliphatic carbocycles. The van der Waals surface area contributed by atoms with Crippen LogP contribution in [0.3, 0.4) is 0 Å². The molecule has 5 rings (SSSR count). The van der Waals surface area contributed by atoms with Crippen LogP contribution in [0.2, 0.25) is 0 Å². The van der Waals surface area contributed by atoms with Gasteiger partial charge in [0, 0.05) is 37.1 Å². The summed E-state index contributed by atoms with van der Waals surface area (Å²) < 4.78 is 2.43. The average molecular weight is 393 g/mol. The molecule has 0 radical (unpaired) electrons. The average Bonchev–Trinajstić information content (AvgIpc) is 3.01. The molecule has 1 fully saturated rings. The Bertz CT molecular complexity index is 1040. The van der Waals surface area contributed by atoms with Crippen LogP contribution >= 0.6 is 12.2 Å². The minimum atomic E-state index is 0.110. The van der Waals surface area contributed by atoms with E-state index in [-0.39, 0.29) is 5.41 Å². The summed E-state index contributed by atoms with van der Waals surface area (Å²) in [6.07, 6.45) is 6.01. The van der Waals surface area contributed by atoms with E-state index in [2.05, 4.69) is 46.7 Å². The lowest BCUT2D eigenvalue weighted by molar-refractivity contribution is 0.0413. The fraction of sp³-hybridized carbons (Fsp3) is 0.478. The maximum atomic E-state index is 5.89. The number of aliphatic imine (C=N–C) groups is 1. The largest absolute Gasteiger partial charge is 0.366 e. The van der Waals surface area contributed by atoms with Crippen LogP contribution in [0.1, 0.15) is 44.0 Å². The van der Waals surface area contributed by atoms with Gasteiger partial charge in [-0.2, -0.15) is 0 Å². The molecule has 0 saturated carbocycles. The standard InChI is InChI=1S/C23H28N4S/c1-15(25(3)4)24-22(28)19-14-23(2)11-7-12-26-13-10-17-16-8-5-6-9-18(16)27(19)20(17)21(23)26/h5-6,8-9,14,21H,7,10-13H2,1-4H3/t21-,23+/m1/s1. The van der Waals surface area contributed by atoms with Crippen molar-refractivity contribution in [1.82, 2.24) is 14.4 Å². The van der Waals surface area contributed by atoms with Crippen molar-refractivity contribution < 1.29 is 0 Å². The van der Waals surface area contributed by atoms with Crippen molar-refractivity contribution in [1.29, 1.82) is 0 Å². The van der Waals surface area contributed by atoms with E-state index in [1.807, 2.05) is 25.9 Å². The molecule has 0 bridgehead atoms. The second-order valence-corrected chi connectivity index (χ2v) is 9.29. The van der Waals surface area contributed by atoms with Crippen LogP contribution in [0.4, 0.5) is 0 Å². The number of hydrogen-bond acceptors (Lipinski definition) is 2. The molecule has 146 valence electrons. The van der Waals surface area contributed by atoms with Crippen molar-refractivity contribution in [3.05, 3.63) is 41.6 Å². The molecule has 4 nitrogen and oxygen atoms in total. The van der Waals surface area contributed by atoms with Crippen LogP contribution < -0.4 is 0 Å². The van der Waals surface area contributed by atoms with Crippen LogP contribution in [0, 0.1) is 5.41 Å². The van der Waals surface area contributed by atoms with E-state index < -0.39 is 0 Å². The molecule has 4 heterocycles. The molecular weight excluding hydrogens is 364 g/mol. The molecule has 0 unspecified atom stereocenters. The van der Waals surface area contributed by atoms with Crippen LogP contribution in [0.15, 0.2) is 35.3 Å². The van der Waals surface area contributed by atoms with E-state index in [1.165, 1.54) is 41.5 Å². The highest BCUT2D eigenvalue weighted by Gasteiger charge is 2.49. The van der Waals surface area contributed by atoms with Crippen LogP contribution in [-0.2, 0) is 6.42 Å². The van der Waals surface area contributed by atoms with Crippen molar-refractivity contribution in [3.8, 4) is 0 Å². The molecule has 2 aromatic rings. The number of thiocarbonyl (C=S) groups is 1. The van der Waals surface area contributed by atoms with Crippen LogP contribution in [0.25, 0.3) is 16.6 Å². The number of rotatable bonds is 1. The molecule has 3 aliphatic rings. The number of nitrogens with zero attached hydrogens (tertiary/aromatic N) is 4. The zero-order valence-corrected chi connectivity index (χ0v) is 18.0. The molecule has 1 saturated heterocycles. The first-order valence-electron chi connectivity index (χ1n) is 10.3.